The van der Waals surface area contributed by atoms with Crippen LogP contribution in [0.15, 0.2) is 119 Å². The zero-order chi connectivity index (χ0) is 54.6. The Labute approximate surface area is 444 Å². The smallest absolute Gasteiger partial charge is 0.293 e. The Hall–Kier alpha value is -7.51. The number of primary amides is 2. The number of hydrogen-bond donors (Lipinski definition) is 4. The molecule has 2 saturated heterocycles. The second-order valence-electron chi connectivity index (χ2n) is 20.4. The summed E-state index contributed by atoms with van der Waals surface area (Å²) in [4.78, 5) is 73.1. The van der Waals surface area contributed by atoms with Crippen molar-refractivity contribution in [3.63, 3.8) is 0 Å². The first-order valence-electron chi connectivity index (χ1n) is 26.3. The van der Waals surface area contributed by atoms with Crippen LogP contribution >= 0.6 is 0 Å². The van der Waals surface area contributed by atoms with Crippen LogP contribution in [-0.4, -0.2) is 82.0 Å². The normalized spacial score (nSPS) is 19.1. The van der Waals surface area contributed by atoms with Gasteiger partial charge in [-0.05, 0) is 135 Å². The lowest BCUT2D eigenvalue weighted by molar-refractivity contribution is -0.123. The summed E-state index contributed by atoms with van der Waals surface area (Å²) < 4.78 is 55.4. The van der Waals surface area contributed by atoms with Gasteiger partial charge in [-0.25, -0.2) is 27.5 Å². The zero-order valence-corrected chi connectivity index (χ0v) is 42.9. The molecular weight excluding hydrogens is 993 g/mol. The second kappa shape index (κ2) is 26.0. The highest BCUT2D eigenvalue weighted by molar-refractivity contribution is 5.77. The fourth-order valence-corrected chi connectivity index (χ4v) is 9.94. The van der Waals surface area contributed by atoms with Gasteiger partial charge in [0.25, 0.3) is 11.1 Å². The summed E-state index contributed by atoms with van der Waals surface area (Å²) in [5.74, 6) is -0.434. The van der Waals surface area contributed by atoms with Gasteiger partial charge >= 0.3 is 0 Å². The molecule has 0 bridgehead atoms. The number of carbonyl (C=O) groups excluding carboxylic acids is 3. The molecule has 4 heterocycles. The second-order valence-corrected chi connectivity index (χ2v) is 20.4. The van der Waals surface area contributed by atoms with Gasteiger partial charge in [-0.3, -0.25) is 19.2 Å². The van der Waals surface area contributed by atoms with Gasteiger partial charge in [0.1, 0.15) is 29.6 Å². The Bertz CT molecular complexity index is 3070. The third-order valence-corrected chi connectivity index (χ3v) is 14.7. The molecule has 15 nitrogen and oxygen atoms in total. The topological polar surface area (TPSA) is 218 Å². The Balaban J connectivity index is 0.000000175. The van der Waals surface area contributed by atoms with Crippen LogP contribution in [0.3, 0.4) is 0 Å². The summed E-state index contributed by atoms with van der Waals surface area (Å²) in [6.07, 6.45) is 11.0. The molecule has 10 rings (SSSR count). The average Bonchev–Trinajstić information content (AvgIpc) is 4.38. The van der Waals surface area contributed by atoms with Gasteiger partial charge in [0, 0.05) is 80.7 Å². The van der Waals surface area contributed by atoms with Crippen LogP contribution in [-0.2, 0) is 40.3 Å². The molecule has 4 aromatic carbocycles. The number of hydrogen-bond acceptors (Lipinski definition) is 11. The Morgan fingerprint density at radius 3 is 1.36 bits per heavy atom. The average molecular weight is 1060 g/mol. The van der Waals surface area contributed by atoms with E-state index < -0.39 is 0 Å². The van der Waals surface area contributed by atoms with Crippen molar-refractivity contribution in [2.45, 2.75) is 101 Å². The lowest BCUT2D eigenvalue weighted by Gasteiger charge is -2.31. The number of aromatic nitrogens is 4. The number of nitrogens with two attached hydrogens (primary N) is 3. The van der Waals surface area contributed by atoms with E-state index in [4.69, 9.17) is 22.2 Å². The molecule has 4 fully saturated rings. The number of rotatable bonds is 18. The Kier molecular flexibility index (Phi) is 18.8. The first-order valence-corrected chi connectivity index (χ1v) is 26.3. The lowest BCUT2D eigenvalue weighted by atomic mass is 9.96. The minimum absolute atomic E-state index is 0.178. The van der Waals surface area contributed by atoms with Crippen molar-refractivity contribution < 1.29 is 31.9 Å². The van der Waals surface area contributed by atoms with Crippen molar-refractivity contribution in [3.8, 4) is 0 Å². The van der Waals surface area contributed by atoms with E-state index >= 15 is 0 Å². The summed E-state index contributed by atoms with van der Waals surface area (Å²) >= 11 is 0. The summed E-state index contributed by atoms with van der Waals surface area (Å²) in [6.45, 7) is 3.53. The van der Waals surface area contributed by atoms with Gasteiger partial charge in [0.05, 0.1) is 24.5 Å². The fourth-order valence-electron chi connectivity index (χ4n) is 9.94. The lowest BCUT2D eigenvalue weighted by Crippen LogP contribution is -2.42. The maximum absolute atomic E-state index is 13.4. The Morgan fingerprint density at radius 2 is 0.974 bits per heavy atom. The van der Waals surface area contributed by atoms with Crippen LogP contribution < -0.4 is 43.4 Å². The number of nitrogens with zero attached hydrogens (tertiary/aromatic N) is 6. The van der Waals surface area contributed by atoms with E-state index in [-0.39, 0.29) is 64.6 Å². The molecule has 2 amide bonds. The Morgan fingerprint density at radius 1 is 0.584 bits per heavy atom. The molecule has 4 atom stereocenters. The summed E-state index contributed by atoms with van der Waals surface area (Å²) in [7, 11) is 0. The highest BCUT2D eigenvalue weighted by Crippen LogP contribution is 2.41. The SMILES string of the molecule is NC(=O)C1CCN(c2nc(CCC=O)cn(Cc3ccc(F)cc3)c2=O)CC1.NC(=O)C1CCN(c2nc(CCCN[C@@H]3C[C@H]3c3ccc(F)cc3)cn(Cc3ccc(F)cc3)c2=O)CC1.N[C@@H]1C[C@H]1c1ccc(F)cc1. The molecular formula is C58H66F4N10O5. The fraction of sp³-hybridized carbons (Fsp3) is 0.397. The highest BCUT2D eigenvalue weighted by atomic mass is 19.1. The largest absolute Gasteiger partial charge is 0.369 e. The molecule has 0 spiro atoms. The van der Waals surface area contributed by atoms with Gasteiger partial charge in [-0.15, -0.1) is 0 Å². The molecule has 2 aliphatic carbocycles. The first kappa shape index (κ1) is 55.7. The van der Waals surface area contributed by atoms with Gasteiger partial charge < -0.3 is 46.2 Å². The van der Waals surface area contributed by atoms with Crippen molar-refractivity contribution in [2.75, 3.05) is 42.5 Å². The van der Waals surface area contributed by atoms with Gasteiger partial charge in [0.2, 0.25) is 11.8 Å². The molecule has 77 heavy (non-hydrogen) atoms. The van der Waals surface area contributed by atoms with Gasteiger partial charge in [-0.2, -0.15) is 0 Å². The molecule has 406 valence electrons. The molecule has 2 saturated carbocycles. The number of carbonyl (C=O) groups is 3. The summed E-state index contributed by atoms with van der Waals surface area (Å²) in [5, 5.41) is 3.57. The van der Waals surface area contributed by atoms with E-state index in [0.717, 1.165) is 54.5 Å². The number of aryl methyl sites for hydroxylation is 2. The minimum Gasteiger partial charge on any atom is -0.369 e. The van der Waals surface area contributed by atoms with Crippen LogP contribution in [0.1, 0.15) is 96.8 Å². The number of piperidine rings is 2. The number of amides is 2. The van der Waals surface area contributed by atoms with Crippen molar-refractivity contribution in [1.29, 1.82) is 0 Å². The predicted octanol–water partition coefficient (Wildman–Crippen LogP) is 6.25. The maximum Gasteiger partial charge on any atom is 0.293 e. The standard InChI is InChI=1S/C29H33F2N5O2.C20H23FN4O3.C9H10FN/c30-22-7-3-19(4-8-22)17-36-18-24(34-28(29(36)38)35-14-11-21(12-15-35)27(32)37)2-1-13-33-26-16-25(26)20-5-9-23(31)10-6-20;21-16-5-3-14(4-6-16)12-25-13-17(2-1-11-26)23-19(20(25)28)24-9-7-15(8-10-24)18(22)27;10-7-3-1-6(2-4-7)8-5-9(8)11/h3-10,18,21,25-26,33H,1-2,11-17H2,(H2,32,37);3-6,11,13,15H,1-2,7-10,12H2,(H2,22,27);1-4,8-9H,5,11H2/t25-,26+;;8-,9+/m0.0/s1. The van der Waals surface area contributed by atoms with E-state index in [2.05, 4.69) is 10.3 Å². The van der Waals surface area contributed by atoms with E-state index in [1.54, 1.807) is 41.2 Å². The third-order valence-electron chi connectivity index (χ3n) is 14.7. The molecule has 0 unspecified atom stereocenters. The van der Waals surface area contributed by atoms with Crippen molar-refractivity contribution in [2.24, 2.45) is 29.0 Å². The maximum atomic E-state index is 13.4. The first-order chi connectivity index (χ1) is 37.1. The third kappa shape index (κ3) is 15.6. The van der Waals surface area contributed by atoms with Gasteiger partial charge in [0.15, 0.2) is 11.6 Å². The van der Waals surface area contributed by atoms with Crippen molar-refractivity contribution in [1.82, 2.24) is 24.4 Å². The number of benzene rings is 4. The van der Waals surface area contributed by atoms with Crippen LogP contribution in [0.25, 0.3) is 0 Å². The van der Waals surface area contributed by atoms with E-state index in [1.165, 1.54) is 58.7 Å². The van der Waals surface area contributed by atoms with Crippen LogP contribution in [0.5, 0.6) is 0 Å². The molecule has 2 aliphatic heterocycles. The zero-order valence-electron chi connectivity index (χ0n) is 42.9. The molecule has 7 N–H and O–H groups in total. The molecule has 2 aromatic heterocycles. The number of anilines is 2. The number of nitrogens with one attached hydrogen (secondary N) is 1. The molecule has 6 aromatic rings. The quantitative estimate of drug-likeness (QED) is 0.0428. The summed E-state index contributed by atoms with van der Waals surface area (Å²) in [6, 6.07) is 26.1. The van der Waals surface area contributed by atoms with Crippen molar-refractivity contribution in [3.05, 3.63) is 187 Å². The molecule has 19 heteroatoms. The minimum atomic E-state index is -0.337. The van der Waals surface area contributed by atoms with Crippen molar-refractivity contribution >= 4 is 29.7 Å². The van der Waals surface area contributed by atoms with E-state index in [9.17, 15) is 41.5 Å². The number of halogens is 4. The number of aldehydes is 1. The van der Waals surface area contributed by atoms with Gasteiger partial charge in [-0.1, -0.05) is 48.5 Å². The monoisotopic (exact) mass is 1060 g/mol. The van der Waals surface area contributed by atoms with Crippen LogP contribution in [0.2, 0.25) is 0 Å². The highest BCUT2D eigenvalue weighted by Gasteiger charge is 2.38. The molecule has 4 aliphatic rings. The molecule has 0 radical (unpaired) electrons. The van der Waals surface area contributed by atoms with E-state index in [1.807, 2.05) is 34.1 Å². The van der Waals surface area contributed by atoms with Crippen LogP contribution in [0.4, 0.5) is 29.2 Å². The van der Waals surface area contributed by atoms with E-state index in [0.29, 0.717) is 119 Å². The van der Waals surface area contributed by atoms with Crippen LogP contribution in [0, 0.1) is 35.1 Å². The predicted molar refractivity (Wildman–Crippen MR) is 286 cm³/mol. The summed E-state index contributed by atoms with van der Waals surface area (Å²) in [5.41, 5.74) is 21.4.